The van der Waals surface area contributed by atoms with E-state index in [0.29, 0.717) is 12.8 Å². The van der Waals surface area contributed by atoms with Crippen molar-refractivity contribution < 1.29 is 25.8 Å². The van der Waals surface area contributed by atoms with E-state index in [-0.39, 0.29) is 16.5 Å². The van der Waals surface area contributed by atoms with Crippen LogP contribution < -0.4 is 0 Å². The van der Waals surface area contributed by atoms with Gasteiger partial charge in [0.25, 0.3) is 0 Å². The van der Waals surface area contributed by atoms with Crippen molar-refractivity contribution in [2.24, 2.45) is 0 Å². The lowest BCUT2D eigenvalue weighted by Crippen LogP contribution is -2.25. The minimum Gasteiger partial charge on any atom is -0.263 e. The molecule has 142 valence electrons. The first-order valence-corrected chi connectivity index (χ1v) is 9.68. The molecule has 0 aromatic rings. The van der Waals surface area contributed by atoms with Gasteiger partial charge in [0.1, 0.15) is 0 Å². The fourth-order valence-corrected chi connectivity index (χ4v) is 2.65. The summed E-state index contributed by atoms with van der Waals surface area (Å²) in [6.07, 6.45) is 13.0. The molecule has 0 spiro atoms. The van der Waals surface area contributed by atoms with Crippen LogP contribution in [0.25, 0.3) is 0 Å². The zero-order valence-electron chi connectivity index (χ0n) is 14.2. The molecule has 0 amide bonds. The molecule has 0 heterocycles. The van der Waals surface area contributed by atoms with Gasteiger partial charge in [0.2, 0.25) is 0 Å². The molecule has 23 heavy (non-hydrogen) atoms. The Morgan fingerprint density at radius 3 is 1.43 bits per heavy atom. The smallest absolute Gasteiger partial charge is 0.263 e. The molecule has 0 fully saturated rings. The molecule has 0 N–H and O–H groups in total. The SMILES string of the molecule is CCCCCCCCCCCCCCOS(=O)(=O)C(F)(F)F.P. The van der Waals surface area contributed by atoms with Gasteiger partial charge >= 0.3 is 15.6 Å². The van der Waals surface area contributed by atoms with Crippen LogP contribution in [0.2, 0.25) is 0 Å². The summed E-state index contributed by atoms with van der Waals surface area (Å²) in [7, 11) is -5.41. The average molecular weight is 380 g/mol. The normalized spacial score (nSPS) is 12.2. The van der Waals surface area contributed by atoms with Crippen molar-refractivity contribution in [3.63, 3.8) is 0 Å². The second kappa shape index (κ2) is 14.5. The van der Waals surface area contributed by atoms with Crippen LogP contribution >= 0.6 is 9.90 Å². The number of hydrogen-bond donors (Lipinski definition) is 0. The van der Waals surface area contributed by atoms with Gasteiger partial charge in [0.15, 0.2) is 0 Å². The summed E-state index contributed by atoms with van der Waals surface area (Å²) in [4.78, 5) is 0. The molecule has 0 bridgehead atoms. The lowest BCUT2D eigenvalue weighted by molar-refractivity contribution is -0.0542. The van der Waals surface area contributed by atoms with E-state index in [0.717, 1.165) is 19.3 Å². The molecule has 0 aromatic carbocycles. The summed E-state index contributed by atoms with van der Waals surface area (Å²) in [6, 6.07) is 0. The van der Waals surface area contributed by atoms with Gasteiger partial charge in [-0.05, 0) is 6.42 Å². The van der Waals surface area contributed by atoms with E-state index in [1.807, 2.05) is 0 Å². The van der Waals surface area contributed by atoms with Crippen LogP contribution in [0.15, 0.2) is 0 Å². The van der Waals surface area contributed by atoms with E-state index in [1.165, 1.54) is 44.9 Å². The number of unbranched alkanes of at least 4 members (excludes halogenated alkanes) is 11. The zero-order chi connectivity index (χ0) is 16.9. The van der Waals surface area contributed by atoms with Crippen molar-refractivity contribution in [2.45, 2.75) is 89.5 Å². The summed E-state index contributed by atoms with van der Waals surface area (Å²) >= 11 is 0. The molecule has 1 atom stereocenters. The third-order valence-electron chi connectivity index (χ3n) is 3.52. The Labute approximate surface area is 142 Å². The molecule has 0 saturated carbocycles. The van der Waals surface area contributed by atoms with Crippen LogP contribution in [0.1, 0.15) is 84.0 Å². The Balaban J connectivity index is 0. The lowest BCUT2D eigenvalue weighted by Gasteiger charge is -2.08. The van der Waals surface area contributed by atoms with Gasteiger partial charge in [-0.2, -0.15) is 31.5 Å². The molecule has 3 nitrogen and oxygen atoms in total. The third kappa shape index (κ3) is 14.2. The predicted octanol–water partition coefficient (Wildman–Crippen LogP) is 5.61. The molecule has 0 aliphatic rings. The standard InChI is InChI=1S/C15H29F3O3S.H3P/c1-2-3-4-5-6-7-8-9-10-11-12-13-14-21-22(19,20)15(16,17)18;/h2-14H2,1H3;1H3. The molecule has 0 radical (unpaired) electrons. The van der Waals surface area contributed by atoms with E-state index in [4.69, 9.17) is 0 Å². The maximum Gasteiger partial charge on any atom is 0.523 e. The Hall–Kier alpha value is 0.130. The number of hydrogen-bond acceptors (Lipinski definition) is 3. The van der Waals surface area contributed by atoms with Crippen molar-refractivity contribution in [3.05, 3.63) is 0 Å². The Bertz CT molecular complexity index is 359. The summed E-state index contributed by atoms with van der Waals surface area (Å²) in [5.41, 5.74) is -5.32. The second-order valence-corrected chi connectivity index (χ2v) is 7.22. The Kier molecular flexibility index (Phi) is 16.0. The minimum absolute atomic E-state index is 0. The van der Waals surface area contributed by atoms with Crippen LogP contribution in [-0.2, 0) is 14.3 Å². The molecule has 0 aromatic heterocycles. The summed E-state index contributed by atoms with van der Waals surface area (Å²) in [5.74, 6) is 0. The Morgan fingerprint density at radius 1 is 0.739 bits per heavy atom. The van der Waals surface area contributed by atoms with Gasteiger partial charge in [0.05, 0.1) is 6.61 Å². The maximum absolute atomic E-state index is 12.0. The quantitative estimate of drug-likeness (QED) is 0.170. The largest absolute Gasteiger partial charge is 0.523 e. The lowest BCUT2D eigenvalue weighted by atomic mass is 10.1. The first-order valence-electron chi connectivity index (χ1n) is 8.27. The van der Waals surface area contributed by atoms with Crippen LogP contribution in [-0.4, -0.2) is 20.5 Å². The number of halogens is 3. The first kappa shape index (κ1) is 25.4. The van der Waals surface area contributed by atoms with Crippen molar-refractivity contribution in [1.82, 2.24) is 0 Å². The highest BCUT2D eigenvalue weighted by molar-refractivity contribution is 7.87. The van der Waals surface area contributed by atoms with Crippen LogP contribution in [0, 0.1) is 0 Å². The van der Waals surface area contributed by atoms with Gasteiger partial charge in [-0.1, -0.05) is 77.6 Å². The minimum atomic E-state index is -5.41. The molecule has 8 heteroatoms. The third-order valence-corrected chi connectivity index (χ3v) is 4.56. The summed E-state index contributed by atoms with van der Waals surface area (Å²) in [5, 5.41) is 0. The fraction of sp³-hybridized carbons (Fsp3) is 1.00. The highest BCUT2D eigenvalue weighted by Crippen LogP contribution is 2.24. The zero-order valence-corrected chi connectivity index (χ0v) is 16.4. The fourth-order valence-electron chi connectivity index (χ4n) is 2.18. The number of alkyl halides is 3. The Morgan fingerprint density at radius 2 is 1.09 bits per heavy atom. The predicted molar refractivity (Wildman–Crippen MR) is 93.1 cm³/mol. The first-order chi connectivity index (χ1) is 10.3. The molecule has 0 aliphatic heterocycles. The van der Waals surface area contributed by atoms with E-state index < -0.39 is 15.6 Å². The average Bonchev–Trinajstić information content (AvgIpc) is 2.42. The molecule has 0 saturated heterocycles. The molecule has 0 rings (SSSR count). The molecule has 0 aliphatic carbocycles. The van der Waals surface area contributed by atoms with Crippen LogP contribution in [0.5, 0.6) is 0 Å². The van der Waals surface area contributed by atoms with E-state index in [1.54, 1.807) is 0 Å². The highest BCUT2D eigenvalue weighted by atomic mass is 32.2. The van der Waals surface area contributed by atoms with Crippen molar-refractivity contribution in [3.8, 4) is 0 Å². The molecular formula is C15H32F3O3PS. The van der Waals surface area contributed by atoms with Crippen molar-refractivity contribution >= 4 is 20.0 Å². The van der Waals surface area contributed by atoms with Crippen LogP contribution in [0.4, 0.5) is 13.2 Å². The van der Waals surface area contributed by atoms with Gasteiger partial charge in [-0.15, -0.1) is 0 Å². The monoisotopic (exact) mass is 380 g/mol. The summed E-state index contributed by atoms with van der Waals surface area (Å²) in [6.45, 7) is 1.81. The van der Waals surface area contributed by atoms with Gasteiger partial charge in [-0.3, -0.25) is 4.18 Å². The van der Waals surface area contributed by atoms with Crippen LogP contribution in [0.3, 0.4) is 0 Å². The van der Waals surface area contributed by atoms with Gasteiger partial charge in [0, 0.05) is 0 Å². The van der Waals surface area contributed by atoms with E-state index in [9.17, 15) is 21.6 Å². The van der Waals surface area contributed by atoms with E-state index >= 15 is 0 Å². The molecular weight excluding hydrogens is 348 g/mol. The number of rotatable bonds is 14. The van der Waals surface area contributed by atoms with Gasteiger partial charge < -0.3 is 0 Å². The highest BCUT2D eigenvalue weighted by Gasteiger charge is 2.47. The molecule has 1 unspecified atom stereocenters. The maximum atomic E-state index is 12.0. The summed E-state index contributed by atoms with van der Waals surface area (Å²) < 4.78 is 61.0. The topological polar surface area (TPSA) is 43.4 Å². The second-order valence-electron chi connectivity index (χ2n) is 5.61. The van der Waals surface area contributed by atoms with Crippen molar-refractivity contribution in [2.75, 3.05) is 6.61 Å². The van der Waals surface area contributed by atoms with Crippen molar-refractivity contribution in [1.29, 1.82) is 0 Å². The van der Waals surface area contributed by atoms with E-state index in [2.05, 4.69) is 11.1 Å². The van der Waals surface area contributed by atoms with Gasteiger partial charge in [-0.25, -0.2) is 0 Å².